The molecule has 1 aromatic carbocycles. The molecule has 0 unspecified atom stereocenters. The molecule has 1 aromatic rings. The summed E-state index contributed by atoms with van der Waals surface area (Å²) >= 11 is 0. The van der Waals surface area contributed by atoms with Gasteiger partial charge in [0.1, 0.15) is 6.54 Å². The van der Waals surface area contributed by atoms with E-state index in [2.05, 4.69) is 4.72 Å². The van der Waals surface area contributed by atoms with Gasteiger partial charge in [0.05, 0.1) is 6.61 Å². The summed E-state index contributed by atoms with van der Waals surface area (Å²) < 4.78 is 31.7. The molecule has 1 rings (SSSR count). The average molecular weight is 286 g/mol. The lowest BCUT2D eigenvalue weighted by atomic mass is 10.2. The van der Waals surface area contributed by atoms with Crippen LogP contribution in [0.2, 0.25) is 0 Å². The van der Waals surface area contributed by atoms with Gasteiger partial charge in [0.2, 0.25) is 0 Å². The van der Waals surface area contributed by atoms with Crippen molar-refractivity contribution in [2.45, 2.75) is 13.5 Å². The van der Waals surface area contributed by atoms with Gasteiger partial charge in [-0.2, -0.15) is 12.7 Å². The van der Waals surface area contributed by atoms with Crippen molar-refractivity contribution in [1.29, 1.82) is 0 Å². The molecule has 1 N–H and O–H groups in total. The van der Waals surface area contributed by atoms with Gasteiger partial charge in [0, 0.05) is 13.6 Å². The van der Waals surface area contributed by atoms with Gasteiger partial charge in [0.15, 0.2) is 0 Å². The maximum Gasteiger partial charge on any atom is 0.321 e. The zero-order valence-electron chi connectivity index (χ0n) is 11.0. The Hall–Kier alpha value is -1.44. The minimum atomic E-state index is -3.69. The van der Waals surface area contributed by atoms with E-state index in [1.807, 2.05) is 18.2 Å². The molecule has 0 aliphatic heterocycles. The Bertz CT molecular complexity index is 502. The van der Waals surface area contributed by atoms with Gasteiger partial charge in [0.25, 0.3) is 10.2 Å². The van der Waals surface area contributed by atoms with Crippen molar-refractivity contribution in [2.75, 3.05) is 20.2 Å². The van der Waals surface area contributed by atoms with Crippen LogP contribution in [-0.2, 0) is 26.3 Å². The summed E-state index contributed by atoms with van der Waals surface area (Å²) in [5.41, 5.74) is 0.797. The number of nitrogens with zero attached hydrogens (tertiary/aromatic N) is 1. The van der Waals surface area contributed by atoms with Crippen LogP contribution in [0.25, 0.3) is 0 Å². The van der Waals surface area contributed by atoms with E-state index < -0.39 is 16.2 Å². The van der Waals surface area contributed by atoms with Crippen molar-refractivity contribution in [3.63, 3.8) is 0 Å². The summed E-state index contributed by atoms with van der Waals surface area (Å²) in [6.07, 6.45) is 0. The molecule has 0 saturated carbocycles. The quantitative estimate of drug-likeness (QED) is 0.741. The smallest absolute Gasteiger partial charge is 0.321 e. The molecule has 0 heterocycles. The van der Waals surface area contributed by atoms with Gasteiger partial charge in [-0.25, -0.2) is 4.72 Å². The largest absolute Gasteiger partial charge is 0.465 e. The third-order valence-electron chi connectivity index (χ3n) is 2.41. The second-order valence-corrected chi connectivity index (χ2v) is 5.64. The minimum absolute atomic E-state index is 0.114. The molecule has 7 heteroatoms. The molecule has 0 aliphatic rings. The topological polar surface area (TPSA) is 75.7 Å². The third kappa shape index (κ3) is 4.98. The first kappa shape index (κ1) is 15.6. The van der Waals surface area contributed by atoms with Crippen LogP contribution in [0.1, 0.15) is 12.5 Å². The number of carbonyl (C=O) groups excluding carboxylic acids is 1. The second-order valence-electron chi connectivity index (χ2n) is 3.77. The fraction of sp³-hybridized carbons (Fsp3) is 0.417. The van der Waals surface area contributed by atoms with Crippen molar-refractivity contribution in [1.82, 2.24) is 9.03 Å². The fourth-order valence-corrected chi connectivity index (χ4v) is 2.35. The van der Waals surface area contributed by atoms with Crippen molar-refractivity contribution in [3.8, 4) is 0 Å². The van der Waals surface area contributed by atoms with Crippen LogP contribution < -0.4 is 4.72 Å². The van der Waals surface area contributed by atoms with Crippen LogP contribution in [0.4, 0.5) is 0 Å². The Morgan fingerprint density at radius 1 is 1.32 bits per heavy atom. The van der Waals surface area contributed by atoms with E-state index in [1.54, 1.807) is 19.1 Å². The van der Waals surface area contributed by atoms with Crippen molar-refractivity contribution in [2.24, 2.45) is 0 Å². The van der Waals surface area contributed by atoms with Gasteiger partial charge >= 0.3 is 5.97 Å². The Morgan fingerprint density at radius 2 is 1.95 bits per heavy atom. The maximum atomic E-state index is 11.9. The Labute approximate surface area is 113 Å². The zero-order chi connectivity index (χ0) is 14.3. The number of benzene rings is 1. The van der Waals surface area contributed by atoms with Gasteiger partial charge in [-0.1, -0.05) is 30.3 Å². The molecule has 0 bridgehead atoms. The molecule has 0 aliphatic carbocycles. The highest BCUT2D eigenvalue weighted by molar-refractivity contribution is 7.87. The average Bonchev–Trinajstić information content (AvgIpc) is 2.39. The molecule has 0 amide bonds. The first-order valence-corrected chi connectivity index (χ1v) is 7.31. The molecule has 19 heavy (non-hydrogen) atoms. The highest BCUT2D eigenvalue weighted by Crippen LogP contribution is 2.08. The van der Waals surface area contributed by atoms with Crippen LogP contribution in [-0.4, -0.2) is 38.9 Å². The molecule has 0 radical (unpaired) electrons. The number of carbonyl (C=O) groups is 1. The summed E-state index contributed by atoms with van der Waals surface area (Å²) in [5.74, 6) is -0.572. The summed E-state index contributed by atoms with van der Waals surface area (Å²) in [6.45, 7) is 1.69. The molecular formula is C12H18N2O4S. The predicted octanol–water partition coefficient (Wildman–Crippen LogP) is 0.516. The summed E-state index contributed by atoms with van der Waals surface area (Å²) in [6, 6.07) is 9.05. The van der Waals surface area contributed by atoms with E-state index in [1.165, 1.54) is 7.05 Å². The number of nitrogens with one attached hydrogen (secondary N) is 1. The summed E-state index contributed by atoms with van der Waals surface area (Å²) in [7, 11) is -2.39. The molecular weight excluding hydrogens is 268 g/mol. The molecule has 0 saturated heterocycles. The number of hydrogen-bond acceptors (Lipinski definition) is 4. The van der Waals surface area contributed by atoms with Gasteiger partial charge in [-0.05, 0) is 12.5 Å². The van der Waals surface area contributed by atoms with Gasteiger partial charge in [-0.15, -0.1) is 0 Å². The van der Waals surface area contributed by atoms with Crippen LogP contribution in [0.5, 0.6) is 0 Å². The zero-order valence-corrected chi connectivity index (χ0v) is 11.8. The summed E-state index contributed by atoms with van der Waals surface area (Å²) in [4.78, 5) is 11.5. The van der Waals surface area contributed by atoms with Crippen LogP contribution in [0, 0.1) is 0 Å². The number of ether oxygens (including phenoxy) is 1. The second kappa shape index (κ2) is 7.22. The van der Waals surface area contributed by atoms with Gasteiger partial charge in [-0.3, -0.25) is 4.79 Å². The first-order valence-electron chi connectivity index (χ1n) is 5.87. The minimum Gasteiger partial charge on any atom is -0.465 e. The van der Waals surface area contributed by atoms with E-state index in [-0.39, 0.29) is 19.7 Å². The third-order valence-corrected chi connectivity index (χ3v) is 3.86. The standard InChI is InChI=1S/C12H18N2O4S/c1-3-18-12(15)10-14(19(16,17)13-2)9-11-7-5-4-6-8-11/h4-8,13H,3,9-10H2,1-2H3. The van der Waals surface area contributed by atoms with E-state index in [9.17, 15) is 13.2 Å². The normalized spacial score (nSPS) is 11.5. The highest BCUT2D eigenvalue weighted by Gasteiger charge is 2.23. The van der Waals surface area contributed by atoms with Crippen LogP contribution in [0.15, 0.2) is 30.3 Å². The van der Waals surface area contributed by atoms with E-state index in [0.717, 1.165) is 9.87 Å². The SMILES string of the molecule is CCOC(=O)CN(Cc1ccccc1)S(=O)(=O)NC. The van der Waals surface area contributed by atoms with Crippen LogP contribution in [0.3, 0.4) is 0 Å². The monoisotopic (exact) mass is 286 g/mol. The Balaban J connectivity index is 2.85. The first-order chi connectivity index (χ1) is 8.99. The summed E-state index contributed by atoms with van der Waals surface area (Å²) in [5, 5.41) is 0. The molecule has 6 nitrogen and oxygen atoms in total. The molecule has 0 aromatic heterocycles. The highest BCUT2D eigenvalue weighted by atomic mass is 32.2. The lowest BCUT2D eigenvalue weighted by Gasteiger charge is -2.20. The van der Waals surface area contributed by atoms with Crippen molar-refractivity contribution in [3.05, 3.63) is 35.9 Å². The van der Waals surface area contributed by atoms with E-state index in [4.69, 9.17) is 4.74 Å². The van der Waals surface area contributed by atoms with Crippen molar-refractivity contribution >= 4 is 16.2 Å². The lowest BCUT2D eigenvalue weighted by Crippen LogP contribution is -2.41. The molecule has 0 spiro atoms. The van der Waals surface area contributed by atoms with Crippen molar-refractivity contribution < 1.29 is 17.9 Å². The van der Waals surface area contributed by atoms with Gasteiger partial charge < -0.3 is 4.74 Å². The fourth-order valence-electron chi connectivity index (χ4n) is 1.49. The maximum absolute atomic E-state index is 11.9. The number of rotatable bonds is 7. The molecule has 0 fully saturated rings. The molecule has 106 valence electrons. The Kier molecular flexibility index (Phi) is 5.94. The Morgan fingerprint density at radius 3 is 2.47 bits per heavy atom. The van der Waals surface area contributed by atoms with E-state index in [0.29, 0.717) is 0 Å². The predicted molar refractivity (Wildman–Crippen MR) is 71.5 cm³/mol. The van der Waals surface area contributed by atoms with E-state index >= 15 is 0 Å². The molecule has 0 atom stereocenters. The lowest BCUT2D eigenvalue weighted by molar-refractivity contribution is -0.143. The van der Waals surface area contributed by atoms with Crippen LogP contribution >= 0.6 is 0 Å². The number of hydrogen-bond donors (Lipinski definition) is 1. The number of esters is 1.